The maximum absolute atomic E-state index is 13.3. The normalized spacial score (nSPS) is 14.8. The van der Waals surface area contributed by atoms with Crippen molar-refractivity contribution < 1.29 is 14.3 Å². The Hall–Kier alpha value is -2.82. The topological polar surface area (TPSA) is 58.6 Å². The van der Waals surface area contributed by atoms with Crippen molar-refractivity contribution in [2.24, 2.45) is 0 Å². The molecule has 2 aromatic rings. The smallest absolute Gasteiger partial charge is 0.261 e. The number of aryl methyl sites for hydroxylation is 2. The van der Waals surface area contributed by atoms with Crippen LogP contribution in [0.15, 0.2) is 48.5 Å². The lowest BCUT2D eigenvalue weighted by Gasteiger charge is -2.31. The van der Waals surface area contributed by atoms with Gasteiger partial charge >= 0.3 is 0 Å². The van der Waals surface area contributed by atoms with Crippen molar-refractivity contribution in [2.45, 2.75) is 71.5 Å². The quantitative estimate of drug-likeness (QED) is 0.645. The van der Waals surface area contributed by atoms with Crippen molar-refractivity contribution in [2.75, 3.05) is 6.61 Å². The molecular formula is C26H34N2O3. The predicted molar refractivity (Wildman–Crippen MR) is 123 cm³/mol. The van der Waals surface area contributed by atoms with Gasteiger partial charge in [-0.15, -0.1) is 0 Å². The van der Waals surface area contributed by atoms with Gasteiger partial charge in [-0.2, -0.15) is 0 Å². The third-order valence-electron chi connectivity index (χ3n) is 5.98. The molecule has 3 rings (SSSR count). The Morgan fingerprint density at radius 2 is 1.81 bits per heavy atom. The zero-order chi connectivity index (χ0) is 22.2. The van der Waals surface area contributed by atoms with Gasteiger partial charge in [-0.05, 0) is 55.9 Å². The minimum Gasteiger partial charge on any atom is -0.483 e. The van der Waals surface area contributed by atoms with Crippen LogP contribution in [0.5, 0.6) is 5.75 Å². The van der Waals surface area contributed by atoms with E-state index in [2.05, 4.69) is 5.32 Å². The van der Waals surface area contributed by atoms with Crippen LogP contribution in [0.3, 0.4) is 0 Å². The van der Waals surface area contributed by atoms with Crippen LogP contribution in [-0.2, 0) is 16.1 Å². The summed E-state index contributed by atoms with van der Waals surface area (Å²) >= 11 is 0. The van der Waals surface area contributed by atoms with E-state index in [1.54, 1.807) is 4.90 Å². The second kappa shape index (κ2) is 11.0. The second-order valence-corrected chi connectivity index (χ2v) is 8.48. The minimum absolute atomic E-state index is 0.0644. The highest BCUT2D eigenvalue weighted by Gasteiger charge is 2.30. The van der Waals surface area contributed by atoms with Gasteiger partial charge in [0, 0.05) is 12.6 Å². The van der Waals surface area contributed by atoms with Gasteiger partial charge in [0.15, 0.2) is 6.61 Å². The zero-order valence-corrected chi connectivity index (χ0v) is 18.9. The number of ether oxygens (including phenoxy) is 1. The number of rotatable bonds is 9. The molecule has 0 aromatic heterocycles. The van der Waals surface area contributed by atoms with E-state index < -0.39 is 6.04 Å². The van der Waals surface area contributed by atoms with Crippen LogP contribution in [0.1, 0.15) is 55.7 Å². The summed E-state index contributed by atoms with van der Waals surface area (Å²) < 4.78 is 5.88. The Kier molecular flexibility index (Phi) is 8.10. The van der Waals surface area contributed by atoms with E-state index in [4.69, 9.17) is 4.74 Å². The first-order valence-corrected chi connectivity index (χ1v) is 11.3. The Bertz CT molecular complexity index is 875. The van der Waals surface area contributed by atoms with E-state index in [1.165, 1.54) is 0 Å². The minimum atomic E-state index is -0.518. The van der Waals surface area contributed by atoms with Gasteiger partial charge in [-0.1, -0.05) is 62.2 Å². The highest BCUT2D eigenvalue weighted by atomic mass is 16.5. The van der Waals surface area contributed by atoms with Crippen LogP contribution in [0.2, 0.25) is 0 Å². The molecule has 31 heavy (non-hydrogen) atoms. The summed E-state index contributed by atoms with van der Waals surface area (Å²) in [7, 11) is 0. The number of hydrogen-bond donors (Lipinski definition) is 1. The van der Waals surface area contributed by atoms with Gasteiger partial charge in [0.05, 0.1) is 0 Å². The SMILES string of the molecule is CC[C@@H](C(=O)NC1CCCC1)N(Cc1ccccc1)C(=O)COc1cc(C)ccc1C. The van der Waals surface area contributed by atoms with E-state index in [-0.39, 0.29) is 24.5 Å². The summed E-state index contributed by atoms with van der Waals surface area (Å²) in [4.78, 5) is 28.0. The molecule has 5 heteroatoms. The summed E-state index contributed by atoms with van der Waals surface area (Å²) in [6, 6.07) is 15.5. The lowest BCUT2D eigenvalue weighted by molar-refractivity contribution is -0.143. The third kappa shape index (κ3) is 6.33. The molecule has 1 fully saturated rings. The van der Waals surface area contributed by atoms with Gasteiger partial charge in [0.1, 0.15) is 11.8 Å². The monoisotopic (exact) mass is 422 g/mol. The first-order chi connectivity index (χ1) is 15.0. The lowest BCUT2D eigenvalue weighted by atomic mass is 10.1. The number of benzene rings is 2. The van der Waals surface area contributed by atoms with Crippen molar-refractivity contribution in [3.8, 4) is 5.75 Å². The number of nitrogens with one attached hydrogen (secondary N) is 1. The van der Waals surface area contributed by atoms with Crippen molar-refractivity contribution in [3.63, 3.8) is 0 Å². The molecule has 1 aliphatic carbocycles. The average Bonchev–Trinajstić information content (AvgIpc) is 3.27. The van der Waals surface area contributed by atoms with Crippen molar-refractivity contribution >= 4 is 11.8 Å². The second-order valence-electron chi connectivity index (χ2n) is 8.48. The van der Waals surface area contributed by atoms with E-state index in [9.17, 15) is 9.59 Å². The molecule has 0 bridgehead atoms. The molecule has 0 spiro atoms. The number of carbonyl (C=O) groups excluding carboxylic acids is 2. The van der Waals surface area contributed by atoms with Crippen LogP contribution in [-0.4, -0.2) is 35.4 Å². The van der Waals surface area contributed by atoms with Crippen LogP contribution in [0, 0.1) is 13.8 Å². The fraction of sp³-hybridized carbons (Fsp3) is 0.462. The Morgan fingerprint density at radius 1 is 1.10 bits per heavy atom. The average molecular weight is 423 g/mol. The molecule has 1 atom stereocenters. The maximum Gasteiger partial charge on any atom is 0.261 e. The number of hydrogen-bond acceptors (Lipinski definition) is 3. The molecule has 2 amide bonds. The lowest BCUT2D eigenvalue weighted by Crippen LogP contribution is -2.52. The zero-order valence-electron chi connectivity index (χ0n) is 18.9. The molecule has 1 saturated carbocycles. The molecule has 0 unspecified atom stereocenters. The van der Waals surface area contributed by atoms with Crippen molar-refractivity contribution in [3.05, 3.63) is 65.2 Å². The molecule has 0 heterocycles. The number of carbonyl (C=O) groups is 2. The summed E-state index contributed by atoms with van der Waals surface area (Å²) in [6.45, 7) is 6.20. The molecule has 1 aliphatic rings. The van der Waals surface area contributed by atoms with Gasteiger partial charge in [-0.3, -0.25) is 9.59 Å². The molecule has 2 aromatic carbocycles. The fourth-order valence-corrected chi connectivity index (χ4v) is 4.15. The van der Waals surface area contributed by atoms with Crippen LogP contribution in [0.25, 0.3) is 0 Å². The van der Waals surface area contributed by atoms with Crippen molar-refractivity contribution in [1.82, 2.24) is 10.2 Å². The Balaban J connectivity index is 1.75. The first kappa shape index (κ1) is 22.9. The standard InChI is InChI=1S/C26H34N2O3/c1-4-23(26(30)27-22-12-8-9-13-22)28(17-21-10-6-5-7-11-21)25(29)18-31-24-16-19(2)14-15-20(24)3/h5-7,10-11,14-16,22-23H,4,8-9,12-13,17-18H2,1-3H3,(H,27,30)/t23-/m0/s1. The van der Waals surface area contributed by atoms with Crippen molar-refractivity contribution in [1.29, 1.82) is 0 Å². The largest absolute Gasteiger partial charge is 0.483 e. The van der Waals surface area contributed by atoms with E-state index in [0.717, 1.165) is 42.4 Å². The summed E-state index contributed by atoms with van der Waals surface area (Å²) in [5.41, 5.74) is 3.06. The highest BCUT2D eigenvalue weighted by molar-refractivity contribution is 5.88. The predicted octanol–water partition coefficient (Wildman–Crippen LogP) is 4.55. The summed E-state index contributed by atoms with van der Waals surface area (Å²) in [5.74, 6) is 0.458. The van der Waals surface area contributed by atoms with Gasteiger partial charge < -0.3 is 15.0 Å². The van der Waals surface area contributed by atoms with E-state index >= 15 is 0 Å². The fourth-order valence-electron chi connectivity index (χ4n) is 4.15. The molecule has 0 saturated heterocycles. The third-order valence-corrected chi connectivity index (χ3v) is 5.98. The summed E-state index contributed by atoms with van der Waals surface area (Å²) in [5, 5.41) is 3.17. The molecule has 0 aliphatic heterocycles. The Labute approximate surface area is 185 Å². The molecule has 0 radical (unpaired) electrons. The summed E-state index contributed by atoms with van der Waals surface area (Å²) in [6.07, 6.45) is 4.89. The number of amides is 2. The van der Waals surface area contributed by atoms with Crippen LogP contribution >= 0.6 is 0 Å². The van der Waals surface area contributed by atoms with Crippen LogP contribution in [0.4, 0.5) is 0 Å². The molecule has 1 N–H and O–H groups in total. The maximum atomic E-state index is 13.3. The van der Waals surface area contributed by atoms with Gasteiger partial charge in [-0.25, -0.2) is 0 Å². The number of nitrogens with zero attached hydrogens (tertiary/aromatic N) is 1. The molecule has 5 nitrogen and oxygen atoms in total. The molecular weight excluding hydrogens is 388 g/mol. The highest BCUT2D eigenvalue weighted by Crippen LogP contribution is 2.21. The Morgan fingerprint density at radius 3 is 2.48 bits per heavy atom. The van der Waals surface area contributed by atoms with Gasteiger partial charge in [0.2, 0.25) is 5.91 Å². The van der Waals surface area contributed by atoms with E-state index in [0.29, 0.717) is 18.7 Å². The van der Waals surface area contributed by atoms with Crippen LogP contribution < -0.4 is 10.1 Å². The molecule has 166 valence electrons. The first-order valence-electron chi connectivity index (χ1n) is 11.3. The van der Waals surface area contributed by atoms with Gasteiger partial charge in [0.25, 0.3) is 5.91 Å². The van der Waals surface area contributed by atoms with E-state index in [1.807, 2.05) is 69.3 Å².